The maximum atomic E-state index is 13.3. The van der Waals surface area contributed by atoms with Gasteiger partial charge in [0.2, 0.25) is 0 Å². The summed E-state index contributed by atoms with van der Waals surface area (Å²) in [5.74, 6) is 0.0817. The van der Waals surface area contributed by atoms with E-state index in [4.69, 9.17) is 10.5 Å². The van der Waals surface area contributed by atoms with Gasteiger partial charge in [0.1, 0.15) is 5.82 Å². The third-order valence-corrected chi connectivity index (χ3v) is 3.35. The van der Waals surface area contributed by atoms with Crippen LogP contribution < -0.4 is 5.73 Å². The summed E-state index contributed by atoms with van der Waals surface area (Å²) in [7, 11) is 0. The van der Waals surface area contributed by atoms with Crippen molar-refractivity contribution >= 4 is 0 Å². The highest BCUT2D eigenvalue weighted by molar-refractivity contribution is 5.26. The maximum absolute atomic E-state index is 13.3. The molecule has 3 unspecified atom stereocenters. The lowest BCUT2D eigenvalue weighted by Crippen LogP contribution is -2.26. The number of hydrogen-bond acceptors (Lipinski definition) is 2. The Kier molecular flexibility index (Phi) is 3.26. The molecule has 2 nitrogen and oxygen atoms in total. The Hall–Kier alpha value is -0.930. The molecule has 0 radical (unpaired) electrons. The van der Waals surface area contributed by atoms with E-state index in [2.05, 4.69) is 0 Å². The molecule has 1 aliphatic rings. The number of hydrogen-bond donors (Lipinski definition) is 1. The molecular weight excluding hydrogens is 205 g/mol. The average molecular weight is 223 g/mol. The number of halogens is 1. The highest BCUT2D eigenvalue weighted by atomic mass is 19.1. The number of ether oxygens (including phenoxy) is 1. The molecule has 0 amide bonds. The standard InChI is InChI=1S/C13H18FNO/c1-8-5-10(7-11(14)6-8)13(15)12-3-4-16-9(12)2/h5-7,9,12-13H,3-4,15H2,1-2H3. The molecule has 16 heavy (non-hydrogen) atoms. The summed E-state index contributed by atoms with van der Waals surface area (Å²) >= 11 is 0. The molecule has 0 spiro atoms. The lowest BCUT2D eigenvalue weighted by atomic mass is 9.88. The summed E-state index contributed by atoms with van der Waals surface area (Å²) in [6, 6.07) is 4.87. The molecular formula is C13H18FNO. The molecule has 1 heterocycles. The first-order valence-corrected chi connectivity index (χ1v) is 5.72. The van der Waals surface area contributed by atoms with Crippen LogP contribution in [0.3, 0.4) is 0 Å². The predicted molar refractivity (Wildman–Crippen MR) is 61.6 cm³/mol. The van der Waals surface area contributed by atoms with Crippen molar-refractivity contribution in [3.63, 3.8) is 0 Å². The molecule has 0 aromatic heterocycles. The van der Waals surface area contributed by atoms with Crippen molar-refractivity contribution in [2.45, 2.75) is 32.4 Å². The summed E-state index contributed by atoms with van der Waals surface area (Å²) in [6.45, 7) is 4.67. The van der Waals surface area contributed by atoms with Gasteiger partial charge in [-0.05, 0) is 43.5 Å². The topological polar surface area (TPSA) is 35.2 Å². The summed E-state index contributed by atoms with van der Waals surface area (Å²) < 4.78 is 18.8. The molecule has 2 N–H and O–H groups in total. The molecule has 1 aliphatic heterocycles. The first-order chi connectivity index (χ1) is 7.58. The Morgan fingerprint density at radius 3 is 2.75 bits per heavy atom. The maximum Gasteiger partial charge on any atom is 0.123 e. The van der Waals surface area contributed by atoms with Crippen molar-refractivity contribution in [1.82, 2.24) is 0 Å². The second-order valence-electron chi connectivity index (χ2n) is 4.62. The Morgan fingerprint density at radius 2 is 2.19 bits per heavy atom. The van der Waals surface area contributed by atoms with E-state index >= 15 is 0 Å². The zero-order chi connectivity index (χ0) is 11.7. The van der Waals surface area contributed by atoms with Crippen LogP contribution in [0, 0.1) is 18.7 Å². The summed E-state index contributed by atoms with van der Waals surface area (Å²) in [5.41, 5.74) is 7.97. The first-order valence-electron chi connectivity index (χ1n) is 5.72. The fourth-order valence-electron chi connectivity index (χ4n) is 2.42. The van der Waals surface area contributed by atoms with Crippen LogP contribution in [0.15, 0.2) is 18.2 Å². The van der Waals surface area contributed by atoms with Gasteiger partial charge in [0, 0.05) is 18.6 Å². The Balaban J connectivity index is 2.22. The molecule has 1 saturated heterocycles. The average Bonchev–Trinajstić information content (AvgIpc) is 2.62. The van der Waals surface area contributed by atoms with Crippen LogP contribution in [0.1, 0.15) is 30.5 Å². The lowest BCUT2D eigenvalue weighted by molar-refractivity contribution is 0.0994. The van der Waals surface area contributed by atoms with Gasteiger partial charge in [-0.2, -0.15) is 0 Å². The van der Waals surface area contributed by atoms with Crippen molar-refractivity contribution in [3.05, 3.63) is 35.1 Å². The SMILES string of the molecule is Cc1cc(F)cc(C(N)C2CCOC2C)c1. The molecule has 1 aromatic carbocycles. The molecule has 2 rings (SSSR count). The zero-order valence-electron chi connectivity index (χ0n) is 9.74. The van der Waals surface area contributed by atoms with Crippen molar-refractivity contribution in [3.8, 4) is 0 Å². The van der Waals surface area contributed by atoms with Crippen LogP contribution >= 0.6 is 0 Å². The fraction of sp³-hybridized carbons (Fsp3) is 0.538. The van der Waals surface area contributed by atoms with Gasteiger partial charge in [-0.15, -0.1) is 0 Å². The van der Waals surface area contributed by atoms with Gasteiger partial charge in [-0.25, -0.2) is 4.39 Å². The second-order valence-corrected chi connectivity index (χ2v) is 4.62. The second kappa shape index (κ2) is 4.52. The van der Waals surface area contributed by atoms with Gasteiger partial charge in [0.25, 0.3) is 0 Å². The van der Waals surface area contributed by atoms with Crippen LogP contribution in [0.25, 0.3) is 0 Å². The Labute approximate surface area is 95.6 Å². The number of nitrogens with two attached hydrogens (primary N) is 1. The third kappa shape index (κ3) is 2.25. The lowest BCUT2D eigenvalue weighted by Gasteiger charge is -2.22. The minimum atomic E-state index is -0.211. The normalized spacial score (nSPS) is 27.0. The molecule has 1 fully saturated rings. The van der Waals surface area contributed by atoms with Crippen molar-refractivity contribution < 1.29 is 9.13 Å². The monoisotopic (exact) mass is 223 g/mol. The van der Waals surface area contributed by atoms with Crippen molar-refractivity contribution in [2.24, 2.45) is 11.7 Å². The minimum absolute atomic E-state index is 0.133. The molecule has 0 saturated carbocycles. The van der Waals surface area contributed by atoms with Crippen LogP contribution in [-0.4, -0.2) is 12.7 Å². The molecule has 3 heteroatoms. The smallest absolute Gasteiger partial charge is 0.123 e. The van der Waals surface area contributed by atoms with Gasteiger partial charge >= 0.3 is 0 Å². The van der Waals surface area contributed by atoms with E-state index in [0.29, 0.717) is 5.92 Å². The zero-order valence-corrected chi connectivity index (χ0v) is 9.74. The highest BCUT2D eigenvalue weighted by Gasteiger charge is 2.30. The van der Waals surface area contributed by atoms with Crippen molar-refractivity contribution in [2.75, 3.05) is 6.61 Å². The molecule has 0 aliphatic carbocycles. The predicted octanol–water partition coefficient (Wildman–Crippen LogP) is 2.56. The largest absolute Gasteiger partial charge is 0.378 e. The first kappa shape index (κ1) is 11.6. The number of benzene rings is 1. The van der Waals surface area contributed by atoms with Crippen LogP contribution in [0.2, 0.25) is 0 Å². The van der Waals surface area contributed by atoms with E-state index in [1.807, 2.05) is 19.9 Å². The van der Waals surface area contributed by atoms with E-state index in [1.165, 1.54) is 12.1 Å². The molecule has 0 bridgehead atoms. The molecule has 3 atom stereocenters. The highest BCUT2D eigenvalue weighted by Crippen LogP contribution is 2.32. The van der Waals surface area contributed by atoms with Crippen LogP contribution in [0.5, 0.6) is 0 Å². The Morgan fingerprint density at radius 1 is 1.44 bits per heavy atom. The van der Waals surface area contributed by atoms with Gasteiger partial charge < -0.3 is 10.5 Å². The van der Waals surface area contributed by atoms with E-state index < -0.39 is 0 Å². The molecule has 88 valence electrons. The van der Waals surface area contributed by atoms with Gasteiger partial charge in [0.05, 0.1) is 6.10 Å². The number of aryl methyl sites for hydroxylation is 1. The van der Waals surface area contributed by atoms with E-state index in [-0.39, 0.29) is 18.0 Å². The summed E-state index contributed by atoms with van der Waals surface area (Å²) in [5, 5.41) is 0. The van der Waals surface area contributed by atoms with Crippen LogP contribution in [0.4, 0.5) is 4.39 Å². The van der Waals surface area contributed by atoms with Crippen LogP contribution in [-0.2, 0) is 4.74 Å². The van der Waals surface area contributed by atoms with E-state index in [9.17, 15) is 4.39 Å². The quantitative estimate of drug-likeness (QED) is 0.836. The minimum Gasteiger partial charge on any atom is -0.378 e. The summed E-state index contributed by atoms with van der Waals surface area (Å²) in [4.78, 5) is 0. The fourth-order valence-corrected chi connectivity index (χ4v) is 2.42. The van der Waals surface area contributed by atoms with Gasteiger partial charge in [-0.3, -0.25) is 0 Å². The third-order valence-electron chi connectivity index (χ3n) is 3.35. The molecule has 1 aromatic rings. The summed E-state index contributed by atoms with van der Waals surface area (Å²) in [6.07, 6.45) is 1.12. The van der Waals surface area contributed by atoms with E-state index in [1.54, 1.807) is 0 Å². The van der Waals surface area contributed by atoms with Gasteiger partial charge in [-0.1, -0.05) is 6.07 Å². The number of rotatable bonds is 2. The Bertz CT molecular complexity index is 360. The van der Waals surface area contributed by atoms with Gasteiger partial charge in [0.15, 0.2) is 0 Å². The van der Waals surface area contributed by atoms with E-state index in [0.717, 1.165) is 24.2 Å². The van der Waals surface area contributed by atoms with Crippen molar-refractivity contribution in [1.29, 1.82) is 0 Å².